The van der Waals surface area contributed by atoms with Crippen molar-refractivity contribution in [1.29, 1.82) is 0 Å². The first-order valence-electron chi connectivity index (χ1n) is 13.7. The molecule has 0 saturated carbocycles. The first kappa shape index (κ1) is 33.7. The second-order valence-electron chi connectivity index (χ2n) is 11.0. The van der Waals surface area contributed by atoms with Crippen LogP contribution in [0.15, 0.2) is 24.3 Å². The first-order chi connectivity index (χ1) is 18.3. The van der Waals surface area contributed by atoms with E-state index in [1.54, 1.807) is 39.0 Å². The predicted octanol–water partition coefficient (Wildman–Crippen LogP) is 4.46. The van der Waals surface area contributed by atoms with Crippen LogP contribution < -0.4 is 10.6 Å². The fraction of sp³-hybridized carbons (Fsp3) is 0.655. The van der Waals surface area contributed by atoms with Crippen LogP contribution in [0, 0.1) is 5.92 Å². The van der Waals surface area contributed by atoms with E-state index in [0.29, 0.717) is 12.8 Å². The number of esters is 1. The Morgan fingerprint density at radius 3 is 2.23 bits per heavy atom. The van der Waals surface area contributed by atoms with E-state index in [-0.39, 0.29) is 23.8 Å². The highest BCUT2D eigenvalue weighted by Crippen LogP contribution is 2.30. The van der Waals surface area contributed by atoms with Crippen molar-refractivity contribution in [3.8, 4) is 5.75 Å². The maximum Gasteiger partial charge on any atom is 0.408 e. The average molecular weight is 550 g/mol. The Hall–Kier alpha value is -3.30. The number of hydrogen-bond acceptors (Lipinski definition) is 7. The number of carbonyl (C=O) groups excluding carboxylic acids is 4. The molecule has 1 rings (SSSR count). The number of phenols is 1. The van der Waals surface area contributed by atoms with Gasteiger partial charge < -0.3 is 30.1 Å². The van der Waals surface area contributed by atoms with Crippen LogP contribution in [-0.4, -0.2) is 65.7 Å². The molecular weight excluding hydrogens is 502 g/mol. The highest BCUT2D eigenvalue weighted by molar-refractivity contribution is 5.93. The van der Waals surface area contributed by atoms with Gasteiger partial charge in [0.1, 0.15) is 30.0 Å². The third-order valence-electron chi connectivity index (χ3n) is 5.91. The Balaban J connectivity index is 3.49. The van der Waals surface area contributed by atoms with Gasteiger partial charge in [0.05, 0.1) is 7.11 Å². The molecular formula is C29H47N3O7. The lowest BCUT2D eigenvalue weighted by molar-refractivity contribution is -0.145. The second kappa shape index (κ2) is 16.6. The molecule has 0 aromatic heterocycles. The molecule has 39 heavy (non-hydrogen) atoms. The van der Waals surface area contributed by atoms with E-state index in [1.165, 1.54) is 18.1 Å². The minimum absolute atomic E-state index is 0.0389. The van der Waals surface area contributed by atoms with E-state index in [0.717, 1.165) is 25.7 Å². The monoisotopic (exact) mass is 549 g/mol. The molecule has 1 aromatic rings. The van der Waals surface area contributed by atoms with Gasteiger partial charge in [-0.3, -0.25) is 14.4 Å². The zero-order valence-corrected chi connectivity index (χ0v) is 24.5. The topological polar surface area (TPSA) is 134 Å². The third-order valence-corrected chi connectivity index (χ3v) is 5.91. The molecule has 10 heteroatoms. The minimum Gasteiger partial charge on any atom is -0.508 e. The largest absolute Gasteiger partial charge is 0.508 e. The summed E-state index contributed by atoms with van der Waals surface area (Å²) in [7, 11) is 1.21. The van der Waals surface area contributed by atoms with E-state index >= 15 is 0 Å². The molecule has 3 amide bonds. The number of aromatic hydroxyl groups is 1. The van der Waals surface area contributed by atoms with Gasteiger partial charge in [0, 0.05) is 12.1 Å². The molecule has 0 fully saturated rings. The number of nitrogens with one attached hydrogen (secondary N) is 2. The summed E-state index contributed by atoms with van der Waals surface area (Å²) < 4.78 is 10.0. The van der Waals surface area contributed by atoms with Crippen molar-refractivity contribution in [2.24, 2.45) is 5.92 Å². The SMILES string of the molecule is CCCCCCCN(C(=O)C(CC(C)C)NC(=O)OC(C)(C)C)C(C(=O)NCC(=O)OC)c1ccccc1O. The van der Waals surface area contributed by atoms with Crippen molar-refractivity contribution in [1.82, 2.24) is 15.5 Å². The zero-order chi connectivity index (χ0) is 29.6. The number of alkyl carbamates (subject to hydrolysis) is 1. The number of hydrogen-bond donors (Lipinski definition) is 3. The molecule has 0 aliphatic carbocycles. The van der Waals surface area contributed by atoms with Gasteiger partial charge >= 0.3 is 12.1 Å². The fourth-order valence-electron chi connectivity index (χ4n) is 4.09. The van der Waals surface area contributed by atoms with Gasteiger partial charge in [0.25, 0.3) is 0 Å². The standard InChI is InChI=1S/C29H47N3O7/c1-8-9-10-11-14-17-32(27(36)22(18-20(2)3)31-28(37)39-29(4,5)6)25(21-15-12-13-16-23(21)33)26(35)30-19-24(34)38-7/h12-13,15-16,20,22,25,33H,8-11,14,17-19H2,1-7H3,(H,30,35)(H,31,37). The van der Waals surface area contributed by atoms with Crippen molar-refractivity contribution < 1.29 is 33.8 Å². The van der Waals surface area contributed by atoms with Crippen molar-refractivity contribution >= 4 is 23.9 Å². The number of carbonyl (C=O) groups is 4. The molecule has 10 nitrogen and oxygen atoms in total. The maximum absolute atomic E-state index is 14.1. The highest BCUT2D eigenvalue weighted by Gasteiger charge is 2.37. The fourth-order valence-corrected chi connectivity index (χ4v) is 4.09. The molecule has 0 saturated heterocycles. The number of ether oxygens (including phenoxy) is 2. The Morgan fingerprint density at radius 1 is 1.03 bits per heavy atom. The minimum atomic E-state index is -1.25. The van der Waals surface area contributed by atoms with E-state index in [9.17, 15) is 24.3 Å². The molecule has 0 aliphatic heterocycles. The van der Waals surface area contributed by atoms with Crippen molar-refractivity contribution in [2.45, 2.75) is 97.8 Å². The summed E-state index contributed by atoms with van der Waals surface area (Å²) in [6.45, 7) is 11.0. The van der Waals surface area contributed by atoms with Gasteiger partial charge in [0.15, 0.2) is 0 Å². The summed E-state index contributed by atoms with van der Waals surface area (Å²) >= 11 is 0. The summed E-state index contributed by atoms with van der Waals surface area (Å²) in [5.74, 6) is -1.91. The molecule has 220 valence electrons. The van der Waals surface area contributed by atoms with Crippen LogP contribution in [0.2, 0.25) is 0 Å². The first-order valence-corrected chi connectivity index (χ1v) is 13.7. The summed E-state index contributed by atoms with van der Waals surface area (Å²) in [5.41, 5.74) is -0.553. The number of benzene rings is 1. The summed E-state index contributed by atoms with van der Waals surface area (Å²) in [6.07, 6.45) is 4.09. The number of para-hydroxylation sites is 1. The Kier molecular flexibility index (Phi) is 14.4. The number of amides is 3. The number of nitrogens with zero attached hydrogens (tertiary/aromatic N) is 1. The smallest absolute Gasteiger partial charge is 0.408 e. The number of methoxy groups -OCH3 is 1. The normalized spacial score (nSPS) is 12.8. The lowest BCUT2D eigenvalue weighted by Gasteiger charge is -2.35. The van der Waals surface area contributed by atoms with Crippen LogP contribution >= 0.6 is 0 Å². The molecule has 0 aliphatic rings. The molecule has 3 N–H and O–H groups in total. The Morgan fingerprint density at radius 2 is 1.67 bits per heavy atom. The predicted molar refractivity (Wildman–Crippen MR) is 149 cm³/mol. The van der Waals surface area contributed by atoms with Crippen LogP contribution in [0.25, 0.3) is 0 Å². The lowest BCUT2D eigenvalue weighted by Crippen LogP contribution is -2.54. The second-order valence-corrected chi connectivity index (χ2v) is 11.0. The molecule has 0 spiro atoms. The van der Waals surface area contributed by atoms with Gasteiger partial charge in [-0.05, 0) is 45.6 Å². The Bertz CT molecular complexity index is 943. The van der Waals surface area contributed by atoms with Crippen LogP contribution in [-0.2, 0) is 23.9 Å². The summed E-state index contributed by atoms with van der Waals surface area (Å²) in [5, 5.41) is 15.9. The van der Waals surface area contributed by atoms with E-state index < -0.39 is 48.1 Å². The van der Waals surface area contributed by atoms with Crippen LogP contribution in [0.1, 0.15) is 91.7 Å². The molecule has 2 unspecified atom stereocenters. The lowest BCUT2D eigenvalue weighted by atomic mass is 9.98. The Labute approximate surface area is 232 Å². The molecule has 1 aromatic carbocycles. The van der Waals surface area contributed by atoms with Gasteiger partial charge in [-0.15, -0.1) is 0 Å². The van der Waals surface area contributed by atoms with Gasteiger partial charge in [-0.2, -0.15) is 0 Å². The maximum atomic E-state index is 14.1. The number of phenolic OH excluding ortho intramolecular Hbond substituents is 1. The quantitative estimate of drug-likeness (QED) is 0.217. The summed E-state index contributed by atoms with van der Waals surface area (Å²) in [4.78, 5) is 53.5. The van der Waals surface area contributed by atoms with Crippen molar-refractivity contribution in [2.75, 3.05) is 20.2 Å². The average Bonchev–Trinajstić information content (AvgIpc) is 2.84. The zero-order valence-electron chi connectivity index (χ0n) is 24.5. The molecule has 0 heterocycles. The van der Waals surface area contributed by atoms with Gasteiger partial charge in [-0.1, -0.05) is 64.7 Å². The van der Waals surface area contributed by atoms with E-state index in [4.69, 9.17) is 4.74 Å². The number of rotatable bonds is 15. The van der Waals surface area contributed by atoms with Gasteiger partial charge in [0.2, 0.25) is 11.8 Å². The van der Waals surface area contributed by atoms with Crippen LogP contribution in [0.3, 0.4) is 0 Å². The van der Waals surface area contributed by atoms with E-state index in [2.05, 4.69) is 22.3 Å². The van der Waals surface area contributed by atoms with Crippen LogP contribution in [0.4, 0.5) is 4.79 Å². The van der Waals surface area contributed by atoms with Crippen molar-refractivity contribution in [3.63, 3.8) is 0 Å². The van der Waals surface area contributed by atoms with Gasteiger partial charge in [-0.25, -0.2) is 4.79 Å². The third kappa shape index (κ3) is 12.4. The summed E-state index contributed by atoms with van der Waals surface area (Å²) in [6, 6.07) is 4.05. The van der Waals surface area contributed by atoms with Crippen molar-refractivity contribution in [3.05, 3.63) is 29.8 Å². The van der Waals surface area contributed by atoms with E-state index in [1.807, 2.05) is 13.8 Å². The molecule has 2 atom stereocenters. The number of unbranched alkanes of at least 4 members (excludes halogenated alkanes) is 4. The molecule has 0 radical (unpaired) electrons. The van der Waals surface area contributed by atoms with Crippen LogP contribution in [0.5, 0.6) is 5.75 Å². The molecule has 0 bridgehead atoms. The highest BCUT2D eigenvalue weighted by atomic mass is 16.6.